The van der Waals surface area contributed by atoms with Crippen molar-refractivity contribution >= 4 is 88.3 Å². The molecule has 0 amide bonds. The van der Waals surface area contributed by atoms with Gasteiger partial charge < -0.3 is 14.2 Å². The molecule has 0 saturated heterocycles. The molecule has 5 aromatic carbocycles. The first-order valence-electron chi connectivity index (χ1n) is 14.6. The Morgan fingerprint density at radius 2 is 1.40 bits per heavy atom. The standard InChI is InChI=1S/C38H21N3O2/c1-5-11-30-22(7-1)25-17-20(14-16-32(25)42-30)21-13-15-23-29(18-21)41-37-26(36-38(41)40-28-10-4-3-9-27(28)39-36)19-33-34(35(23)37)24-8-2-6-12-31(24)43-33/h1-19,28,40H. The number of para-hydroxylation sites is 2. The van der Waals surface area contributed by atoms with Gasteiger partial charge in [-0.05, 0) is 53.6 Å². The van der Waals surface area contributed by atoms with Gasteiger partial charge in [-0.1, -0.05) is 72.8 Å². The lowest BCUT2D eigenvalue weighted by molar-refractivity contribution is 0.669. The van der Waals surface area contributed by atoms with Gasteiger partial charge in [0, 0.05) is 37.7 Å². The molecular weight excluding hydrogens is 530 g/mol. The van der Waals surface area contributed by atoms with E-state index in [0.29, 0.717) is 0 Å². The van der Waals surface area contributed by atoms with Crippen LogP contribution in [0.3, 0.4) is 0 Å². The Morgan fingerprint density at radius 1 is 0.628 bits per heavy atom. The van der Waals surface area contributed by atoms with Gasteiger partial charge in [0.15, 0.2) is 0 Å². The number of benzene rings is 5. The van der Waals surface area contributed by atoms with Gasteiger partial charge in [-0.15, -0.1) is 0 Å². The molecule has 5 heterocycles. The highest BCUT2D eigenvalue weighted by Crippen LogP contribution is 2.51. The number of allylic oxidation sites excluding steroid dienone is 2. The Labute approximate surface area is 244 Å². The van der Waals surface area contributed by atoms with Gasteiger partial charge >= 0.3 is 0 Å². The molecule has 11 rings (SSSR count). The largest absolute Gasteiger partial charge is 0.456 e. The summed E-state index contributed by atoms with van der Waals surface area (Å²) in [7, 11) is 0. The number of hydrogen-bond acceptors (Lipinski definition) is 4. The smallest absolute Gasteiger partial charge is 0.138 e. The molecule has 0 fully saturated rings. The Morgan fingerprint density at radius 3 is 2.33 bits per heavy atom. The second-order valence-corrected chi connectivity index (χ2v) is 11.6. The first-order chi connectivity index (χ1) is 21.3. The van der Waals surface area contributed by atoms with Crippen LogP contribution in [0.5, 0.6) is 0 Å². The lowest BCUT2D eigenvalue weighted by atomic mass is 9.99. The zero-order valence-electron chi connectivity index (χ0n) is 22.8. The molecule has 43 heavy (non-hydrogen) atoms. The topological polar surface area (TPSA) is 55.1 Å². The maximum atomic E-state index is 6.46. The highest BCUT2D eigenvalue weighted by molar-refractivity contribution is 6.34. The number of furan rings is 2. The predicted octanol–water partition coefficient (Wildman–Crippen LogP) is 10.1. The van der Waals surface area contributed by atoms with Gasteiger partial charge in [-0.25, -0.2) is 4.99 Å². The molecule has 2 aliphatic rings. The van der Waals surface area contributed by atoms with Gasteiger partial charge in [0.1, 0.15) is 33.8 Å². The molecule has 1 unspecified atom stereocenters. The van der Waals surface area contributed by atoms with Crippen LogP contribution in [0.4, 0.5) is 11.5 Å². The summed E-state index contributed by atoms with van der Waals surface area (Å²) >= 11 is 0. The van der Waals surface area contributed by atoms with Crippen molar-refractivity contribution in [3.63, 3.8) is 0 Å². The highest BCUT2D eigenvalue weighted by atomic mass is 16.3. The lowest BCUT2D eigenvalue weighted by Crippen LogP contribution is -2.30. The summed E-state index contributed by atoms with van der Waals surface area (Å²) in [4.78, 5) is 5.21. The summed E-state index contributed by atoms with van der Waals surface area (Å²) in [5.41, 5.74) is 10.2. The molecule has 1 atom stereocenters. The minimum absolute atomic E-state index is 0.0364. The average molecular weight is 552 g/mol. The number of rotatable bonds is 1. The van der Waals surface area contributed by atoms with Crippen molar-refractivity contribution in [1.82, 2.24) is 4.40 Å². The third kappa shape index (κ3) is 2.70. The zero-order valence-corrected chi connectivity index (χ0v) is 22.8. The van der Waals surface area contributed by atoms with Gasteiger partial charge in [0.25, 0.3) is 0 Å². The molecule has 0 bridgehead atoms. The van der Waals surface area contributed by atoms with Crippen LogP contribution in [-0.4, -0.2) is 16.2 Å². The summed E-state index contributed by atoms with van der Waals surface area (Å²) < 4.78 is 15.0. The van der Waals surface area contributed by atoms with Crippen molar-refractivity contribution < 1.29 is 8.83 Å². The zero-order chi connectivity index (χ0) is 27.8. The fourth-order valence-corrected chi connectivity index (χ4v) is 7.43. The predicted molar refractivity (Wildman–Crippen MR) is 176 cm³/mol. The minimum Gasteiger partial charge on any atom is -0.456 e. The number of hydrogen-bond donors (Lipinski definition) is 1. The second kappa shape index (κ2) is 7.52. The van der Waals surface area contributed by atoms with Gasteiger partial charge in [0.05, 0.1) is 22.8 Å². The maximum Gasteiger partial charge on any atom is 0.138 e. The molecule has 0 radical (unpaired) electrons. The van der Waals surface area contributed by atoms with Crippen LogP contribution in [0.2, 0.25) is 0 Å². The van der Waals surface area contributed by atoms with E-state index in [1.54, 1.807) is 0 Å². The third-order valence-electron chi connectivity index (χ3n) is 9.32. The Bertz CT molecular complexity index is 2770. The second-order valence-electron chi connectivity index (χ2n) is 11.6. The molecule has 9 aromatic rings. The van der Waals surface area contributed by atoms with Crippen LogP contribution in [-0.2, 0) is 0 Å². The number of aliphatic imine (C=N–C) groups is 1. The Kier molecular flexibility index (Phi) is 3.83. The van der Waals surface area contributed by atoms with Crippen molar-refractivity contribution in [1.29, 1.82) is 0 Å². The summed E-state index contributed by atoms with van der Waals surface area (Å²) in [6.07, 6.45) is 8.40. The van der Waals surface area contributed by atoms with Crippen LogP contribution in [0.15, 0.2) is 129 Å². The van der Waals surface area contributed by atoms with Gasteiger partial charge in [-0.3, -0.25) is 4.40 Å². The van der Waals surface area contributed by atoms with Crippen LogP contribution in [0, 0.1) is 0 Å². The summed E-state index contributed by atoms with van der Waals surface area (Å²) in [5.74, 6) is 1.02. The van der Waals surface area contributed by atoms with E-state index in [1.165, 1.54) is 16.3 Å². The number of nitrogens with one attached hydrogen (secondary N) is 1. The SMILES string of the molecule is C1=CC2=Nc3c(n4c5cc(-c6ccc7oc8ccccc8c7c6)ccc5c5c6c(cc3c54)oc3ccccc36)NC2C=C1. The normalized spacial score (nSPS) is 16.3. The maximum absolute atomic E-state index is 6.46. The molecule has 5 heteroatoms. The van der Waals surface area contributed by atoms with E-state index < -0.39 is 0 Å². The average Bonchev–Trinajstić information content (AvgIpc) is 3.79. The summed E-state index contributed by atoms with van der Waals surface area (Å²) in [5, 5.41) is 11.9. The van der Waals surface area contributed by atoms with E-state index in [4.69, 9.17) is 13.8 Å². The summed E-state index contributed by atoms with van der Waals surface area (Å²) in [6, 6.07) is 32.1. The van der Waals surface area contributed by atoms with Crippen LogP contribution in [0.25, 0.3) is 82.2 Å². The van der Waals surface area contributed by atoms with Crippen molar-refractivity contribution in [2.24, 2.45) is 4.99 Å². The van der Waals surface area contributed by atoms with E-state index in [9.17, 15) is 0 Å². The number of fused-ring (bicyclic) bond motifs is 14. The Hall–Kier alpha value is -5.81. The number of aromatic nitrogens is 1. The molecule has 0 saturated carbocycles. The van der Waals surface area contributed by atoms with Gasteiger partial charge in [-0.2, -0.15) is 0 Å². The highest BCUT2D eigenvalue weighted by Gasteiger charge is 2.30. The first-order valence-corrected chi connectivity index (χ1v) is 14.6. The fraction of sp³-hybridized carbons (Fsp3) is 0.0263. The first kappa shape index (κ1) is 21.9. The van der Waals surface area contributed by atoms with E-state index in [1.807, 2.05) is 18.2 Å². The van der Waals surface area contributed by atoms with Crippen molar-refractivity contribution in [3.8, 4) is 11.1 Å². The lowest BCUT2D eigenvalue weighted by Gasteiger charge is -2.23. The number of anilines is 1. The molecule has 4 aromatic heterocycles. The molecule has 5 nitrogen and oxygen atoms in total. The van der Waals surface area contributed by atoms with Crippen molar-refractivity contribution in [2.45, 2.75) is 6.04 Å². The molecule has 1 N–H and O–H groups in total. The van der Waals surface area contributed by atoms with Crippen LogP contribution >= 0.6 is 0 Å². The monoisotopic (exact) mass is 551 g/mol. The fourth-order valence-electron chi connectivity index (χ4n) is 7.43. The van der Waals surface area contributed by atoms with Crippen LogP contribution in [0.1, 0.15) is 0 Å². The molecule has 1 aliphatic heterocycles. The van der Waals surface area contributed by atoms with E-state index in [0.717, 1.165) is 83.1 Å². The van der Waals surface area contributed by atoms with Crippen molar-refractivity contribution in [2.75, 3.05) is 5.32 Å². The number of nitrogens with zero attached hydrogens (tertiary/aromatic N) is 2. The van der Waals surface area contributed by atoms with Crippen molar-refractivity contribution in [3.05, 3.63) is 115 Å². The molecule has 200 valence electrons. The Balaban J connectivity index is 1.27. The van der Waals surface area contributed by atoms with E-state index in [-0.39, 0.29) is 6.04 Å². The van der Waals surface area contributed by atoms with E-state index >= 15 is 0 Å². The molecule has 0 spiro atoms. The quantitative estimate of drug-likeness (QED) is 0.221. The van der Waals surface area contributed by atoms with Gasteiger partial charge in [0.2, 0.25) is 0 Å². The molecule has 1 aliphatic carbocycles. The third-order valence-corrected chi connectivity index (χ3v) is 9.32. The summed E-state index contributed by atoms with van der Waals surface area (Å²) in [6.45, 7) is 0. The van der Waals surface area contributed by atoms with Crippen LogP contribution < -0.4 is 5.32 Å². The molecular formula is C38H21N3O2. The minimum atomic E-state index is 0.0364. The van der Waals surface area contributed by atoms with E-state index in [2.05, 4.69) is 107 Å².